The summed E-state index contributed by atoms with van der Waals surface area (Å²) in [4.78, 5) is 19.2. The lowest BCUT2D eigenvalue weighted by atomic mass is 10.1. The number of nitrogens with one attached hydrogen (secondary N) is 2. The number of fused-ring (bicyclic) bond motifs is 1. The van der Waals surface area contributed by atoms with Crippen LogP contribution in [0.5, 0.6) is 0 Å². The number of rotatable bonds is 5. The van der Waals surface area contributed by atoms with Crippen molar-refractivity contribution in [1.29, 1.82) is 0 Å². The van der Waals surface area contributed by atoms with Crippen LogP contribution in [-0.2, 0) is 9.53 Å². The standard InChI is InChI=1S/C17H18N6O2/c18-17-21-15-7-10(14-5-6-19-23-14)1-4-13(15)16(22-17)20-11-2-3-12(8-11)25-9-24/h1,4-7,9,11-12H,2-3,8H2,(H,19,23)(H3,18,20,21,22)/t11-,12-/m0/s1. The third-order valence-electron chi connectivity index (χ3n) is 4.50. The van der Waals surface area contributed by atoms with Gasteiger partial charge in [0.2, 0.25) is 5.95 Å². The minimum Gasteiger partial charge on any atom is -0.465 e. The molecule has 128 valence electrons. The molecule has 0 spiro atoms. The molecule has 2 atom stereocenters. The van der Waals surface area contributed by atoms with E-state index in [1.165, 1.54) is 0 Å². The Labute approximate surface area is 143 Å². The van der Waals surface area contributed by atoms with Crippen LogP contribution in [0.25, 0.3) is 22.2 Å². The molecule has 1 fully saturated rings. The molecule has 0 saturated heterocycles. The van der Waals surface area contributed by atoms with Gasteiger partial charge in [0.25, 0.3) is 6.47 Å². The molecule has 1 aromatic carbocycles. The quantitative estimate of drug-likeness (QED) is 0.610. The molecule has 25 heavy (non-hydrogen) atoms. The maximum absolute atomic E-state index is 10.5. The second-order valence-corrected chi connectivity index (χ2v) is 6.14. The first-order valence-electron chi connectivity index (χ1n) is 8.15. The molecule has 8 nitrogen and oxygen atoms in total. The van der Waals surface area contributed by atoms with E-state index in [-0.39, 0.29) is 18.1 Å². The van der Waals surface area contributed by atoms with Crippen LogP contribution in [0.3, 0.4) is 0 Å². The van der Waals surface area contributed by atoms with Gasteiger partial charge in [-0.15, -0.1) is 0 Å². The zero-order chi connectivity index (χ0) is 17.2. The molecular formula is C17H18N6O2. The van der Waals surface area contributed by atoms with Gasteiger partial charge >= 0.3 is 0 Å². The molecule has 0 radical (unpaired) electrons. The van der Waals surface area contributed by atoms with E-state index in [2.05, 4.69) is 25.5 Å². The van der Waals surface area contributed by atoms with Crippen molar-refractivity contribution in [2.75, 3.05) is 11.1 Å². The number of nitrogen functional groups attached to an aromatic ring is 1. The molecule has 0 amide bonds. The second kappa shape index (κ2) is 6.39. The maximum atomic E-state index is 10.5. The minimum atomic E-state index is -0.0348. The van der Waals surface area contributed by atoms with Gasteiger partial charge in [-0.25, -0.2) is 4.98 Å². The summed E-state index contributed by atoms with van der Waals surface area (Å²) in [7, 11) is 0. The van der Waals surface area contributed by atoms with E-state index in [4.69, 9.17) is 10.5 Å². The Morgan fingerprint density at radius 2 is 2.20 bits per heavy atom. The van der Waals surface area contributed by atoms with Crippen LogP contribution in [0.1, 0.15) is 19.3 Å². The Morgan fingerprint density at radius 1 is 1.28 bits per heavy atom. The topological polar surface area (TPSA) is 119 Å². The Morgan fingerprint density at radius 3 is 3.00 bits per heavy atom. The summed E-state index contributed by atoms with van der Waals surface area (Å²) in [6.45, 7) is 0.516. The van der Waals surface area contributed by atoms with Crippen LogP contribution in [0.2, 0.25) is 0 Å². The average molecular weight is 338 g/mol. The number of benzene rings is 1. The smallest absolute Gasteiger partial charge is 0.293 e. The van der Waals surface area contributed by atoms with Crippen molar-refractivity contribution in [3.05, 3.63) is 30.5 Å². The van der Waals surface area contributed by atoms with E-state index in [0.29, 0.717) is 12.3 Å². The summed E-state index contributed by atoms with van der Waals surface area (Å²) < 4.78 is 5.05. The summed E-state index contributed by atoms with van der Waals surface area (Å²) in [6.07, 6.45) is 4.19. The molecule has 4 N–H and O–H groups in total. The van der Waals surface area contributed by atoms with Crippen molar-refractivity contribution in [3.8, 4) is 11.3 Å². The first kappa shape index (κ1) is 15.4. The van der Waals surface area contributed by atoms with Gasteiger partial charge in [-0.05, 0) is 31.0 Å². The fourth-order valence-electron chi connectivity index (χ4n) is 3.31. The SMILES string of the molecule is Nc1nc(N[C@H]2CC[C@H](OC=O)C2)c2ccc(-c3ccn[nH]3)cc2n1. The number of hydrogen-bond donors (Lipinski definition) is 3. The maximum Gasteiger partial charge on any atom is 0.293 e. The van der Waals surface area contributed by atoms with Crippen LogP contribution in [0, 0.1) is 0 Å². The minimum absolute atomic E-state index is 0.0348. The van der Waals surface area contributed by atoms with Gasteiger partial charge in [0.1, 0.15) is 11.9 Å². The highest BCUT2D eigenvalue weighted by Gasteiger charge is 2.26. The number of ether oxygens (including phenoxy) is 1. The third-order valence-corrected chi connectivity index (χ3v) is 4.50. The number of nitrogens with two attached hydrogens (primary N) is 1. The molecule has 2 aromatic heterocycles. The lowest BCUT2D eigenvalue weighted by Gasteiger charge is -2.15. The molecule has 1 aliphatic carbocycles. The van der Waals surface area contributed by atoms with Gasteiger partial charge in [0, 0.05) is 29.6 Å². The Bertz CT molecular complexity index is 896. The number of H-pyrrole nitrogens is 1. The van der Waals surface area contributed by atoms with E-state index < -0.39 is 0 Å². The van der Waals surface area contributed by atoms with Crippen LogP contribution in [0.15, 0.2) is 30.5 Å². The largest absolute Gasteiger partial charge is 0.465 e. The Balaban J connectivity index is 1.64. The number of anilines is 2. The first-order chi connectivity index (χ1) is 12.2. The number of nitrogens with zero attached hydrogens (tertiary/aromatic N) is 3. The number of hydrogen-bond acceptors (Lipinski definition) is 7. The van der Waals surface area contributed by atoms with E-state index in [9.17, 15) is 4.79 Å². The molecular weight excluding hydrogens is 320 g/mol. The highest BCUT2D eigenvalue weighted by Crippen LogP contribution is 2.30. The molecule has 0 aliphatic heterocycles. The van der Waals surface area contributed by atoms with Gasteiger partial charge in [-0.2, -0.15) is 10.1 Å². The number of aromatic nitrogens is 4. The predicted molar refractivity (Wildman–Crippen MR) is 93.7 cm³/mol. The van der Waals surface area contributed by atoms with E-state index in [1.807, 2.05) is 24.3 Å². The predicted octanol–water partition coefficient (Wildman–Crippen LogP) is 2.11. The average Bonchev–Trinajstić information content (AvgIpc) is 3.26. The number of aromatic amines is 1. The van der Waals surface area contributed by atoms with E-state index in [1.54, 1.807) is 6.20 Å². The lowest BCUT2D eigenvalue weighted by molar-refractivity contribution is -0.133. The van der Waals surface area contributed by atoms with Crippen LogP contribution < -0.4 is 11.1 Å². The van der Waals surface area contributed by atoms with Crippen molar-refractivity contribution >= 4 is 29.1 Å². The zero-order valence-electron chi connectivity index (χ0n) is 13.5. The molecule has 2 heterocycles. The van der Waals surface area contributed by atoms with Gasteiger partial charge in [-0.3, -0.25) is 9.89 Å². The Kier molecular flexibility index (Phi) is 3.93. The molecule has 8 heteroatoms. The van der Waals surface area contributed by atoms with Gasteiger partial charge in [0.05, 0.1) is 11.2 Å². The highest BCUT2D eigenvalue weighted by molar-refractivity contribution is 5.92. The van der Waals surface area contributed by atoms with E-state index in [0.717, 1.165) is 41.4 Å². The first-order valence-corrected chi connectivity index (χ1v) is 8.15. The fourth-order valence-corrected chi connectivity index (χ4v) is 3.31. The number of carbonyl (C=O) groups is 1. The van der Waals surface area contributed by atoms with Gasteiger partial charge < -0.3 is 15.8 Å². The zero-order valence-corrected chi connectivity index (χ0v) is 13.5. The lowest BCUT2D eigenvalue weighted by Crippen LogP contribution is -2.19. The molecule has 4 rings (SSSR count). The fraction of sp³-hybridized carbons (Fsp3) is 0.294. The van der Waals surface area contributed by atoms with Crippen molar-refractivity contribution in [3.63, 3.8) is 0 Å². The van der Waals surface area contributed by atoms with E-state index >= 15 is 0 Å². The summed E-state index contributed by atoms with van der Waals surface area (Å²) >= 11 is 0. The summed E-state index contributed by atoms with van der Waals surface area (Å²) in [6, 6.07) is 8.01. The van der Waals surface area contributed by atoms with Crippen LogP contribution >= 0.6 is 0 Å². The van der Waals surface area contributed by atoms with Crippen molar-refractivity contribution in [2.24, 2.45) is 0 Å². The van der Waals surface area contributed by atoms with Crippen molar-refractivity contribution < 1.29 is 9.53 Å². The Hall–Kier alpha value is -3.16. The molecule has 0 unspecified atom stereocenters. The van der Waals surface area contributed by atoms with Gasteiger partial charge in [0.15, 0.2) is 0 Å². The highest BCUT2D eigenvalue weighted by atomic mass is 16.5. The monoisotopic (exact) mass is 338 g/mol. The molecule has 1 saturated carbocycles. The third kappa shape index (κ3) is 3.10. The van der Waals surface area contributed by atoms with Crippen LogP contribution in [-0.4, -0.2) is 38.8 Å². The summed E-state index contributed by atoms with van der Waals surface area (Å²) in [5.41, 5.74) is 8.55. The van der Waals surface area contributed by atoms with Crippen LogP contribution in [0.4, 0.5) is 11.8 Å². The summed E-state index contributed by atoms with van der Waals surface area (Å²) in [5, 5.41) is 11.2. The van der Waals surface area contributed by atoms with Crippen molar-refractivity contribution in [2.45, 2.75) is 31.4 Å². The van der Waals surface area contributed by atoms with Gasteiger partial charge in [-0.1, -0.05) is 6.07 Å². The normalized spacial score (nSPS) is 19.8. The molecule has 1 aliphatic rings. The second-order valence-electron chi connectivity index (χ2n) is 6.14. The molecule has 0 bridgehead atoms. The number of carbonyl (C=O) groups excluding carboxylic acids is 1. The van der Waals surface area contributed by atoms with Crippen molar-refractivity contribution in [1.82, 2.24) is 20.2 Å². The summed E-state index contributed by atoms with van der Waals surface area (Å²) in [5.74, 6) is 0.922. The molecule has 3 aromatic rings.